The van der Waals surface area contributed by atoms with Crippen molar-refractivity contribution in [2.75, 3.05) is 44.8 Å². The SMILES string of the molecule is C=C/N=C1/C=C(OCCCN2CCOCC2)C(NC(=O)C=C)=C/C1=C(/N)Nc1ccc(F)c(Cl)c1. The molecule has 1 aromatic carbocycles. The molecule has 1 aromatic rings. The van der Waals surface area contributed by atoms with E-state index in [1.165, 1.54) is 24.4 Å². The van der Waals surface area contributed by atoms with Crippen molar-refractivity contribution in [2.24, 2.45) is 10.7 Å². The second kappa shape index (κ2) is 12.9. The minimum absolute atomic E-state index is 0.0430. The number of hydrogen-bond acceptors (Lipinski definition) is 7. The second-order valence-electron chi connectivity index (χ2n) is 7.69. The number of hydrogen-bond donors (Lipinski definition) is 3. The smallest absolute Gasteiger partial charge is 0.247 e. The summed E-state index contributed by atoms with van der Waals surface area (Å²) in [5.41, 5.74) is 8.15. The summed E-state index contributed by atoms with van der Waals surface area (Å²) in [6, 6.07) is 4.15. The summed E-state index contributed by atoms with van der Waals surface area (Å²) < 4.78 is 24.9. The lowest BCUT2D eigenvalue weighted by molar-refractivity contribution is -0.115. The molecule has 0 bridgehead atoms. The van der Waals surface area contributed by atoms with Gasteiger partial charge in [-0.15, -0.1) is 0 Å². The summed E-state index contributed by atoms with van der Waals surface area (Å²) in [6.07, 6.45) is 6.66. The zero-order valence-corrected chi connectivity index (χ0v) is 20.1. The van der Waals surface area contributed by atoms with Crippen molar-refractivity contribution in [1.82, 2.24) is 10.2 Å². The maximum absolute atomic E-state index is 13.5. The Morgan fingerprint density at radius 1 is 1.29 bits per heavy atom. The molecule has 1 amide bonds. The van der Waals surface area contributed by atoms with Crippen LogP contribution in [0.25, 0.3) is 0 Å². The molecular weight excluding hydrogens is 473 g/mol. The number of nitrogens with zero attached hydrogens (tertiary/aromatic N) is 2. The zero-order valence-electron chi connectivity index (χ0n) is 19.4. The Balaban J connectivity index is 1.81. The van der Waals surface area contributed by atoms with Crippen LogP contribution in [-0.4, -0.2) is 56.0 Å². The summed E-state index contributed by atoms with van der Waals surface area (Å²) in [5, 5.41) is 5.70. The van der Waals surface area contributed by atoms with Crippen LogP contribution in [-0.2, 0) is 14.3 Å². The van der Waals surface area contributed by atoms with Gasteiger partial charge in [0, 0.05) is 43.2 Å². The molecule has 1 aliphatic carbocycles. The highest BCUT2D eigenvalue weighted by Crippen LogP contribution is 2.25. The van der Waals surface area contributed by atoms with Gasteiger partial charge in [-0.05, 0) is 36.8 Å². The molecule has 186 valence electrons. The van der Waals surface area contributed by atoms with E-state index in [9.17, 15) is 9.18 Å². The van der Waals surface area contributed by atoms with Crippen molar-refractivity contribution in [3.8, 4) is 0 Å². The van der Waals surface area contributed by atoms with Crippen LogP contribution in [0.15, 0.2) is 83.6 Å². The first-order valence-corrected chi connectivity index (χ1v) is 11.5. The molecule has 1 heterocycles. The zero-order chi connectivity index (χ0) is 25.2. The van der Waals surface area contributed by atoms with Crippen LogP contribution < -0.4 is 16.4 Å². The number of aliphatic imine (C=N–C) groups is 1. The van der Waals surface area contributed by atoms with Crippen LogP contribution in [0, 0.1) is 5.82 Å². The number of benzene rings is 1. The lowest BCUT2D eigenvalue weighted by Crippen LogP contribution is -2.37. The molecule has 0 unspecified atom stereocenters. The highest BCUT2D eigenvalue weighted by molar-refractivity contribution is 6.31. The van der Waals surface area contributed by atoms with E-state index in [1.807, 2.05) is 0 Å². The van der Waals surface area contributed by atoms with Gasteiger partial charge in [0.25, 0.3) is 0 Å². The summed E-state index contributed by atoms with van der Waals surface area (Å²) in [6.45, 7) is 11.8. The van der Waals surface area contributed by atoms with Gasteiger partial charge in [-0.25, -0.2) is 4.39 Å². The summed E-state index contributed by atoms with van der Waals surface area (Å²) in [7, 11) is 0. The summed E-state index contributed by atoms with van der Waals surface area (Å²) >= 11 is 5.87. The van der Waals surface area contributed by atoms with Crippen LogP contribution in [0.1, 0.15) is 6.42 Å². The van der Waals surface area contributed by atoms with Gasteiger partial charge in [-0.2, -0.15) is 0 Å². The van der Waals surface area contributed by atoms with Crippen LogP contribution in [0.2, 0.25) is 5.02 Å². The Kier molecular flexibility index (Phi) is 9.66. The normalized spacial score (nSPS) is 18.9. The van der Waals surface area contributed by atoms with Gasteiger partial charge in [-0.1, -0.05) is 24.8 Å². The molecular formula is C25H29ClFN5O3. The van der Waals surface area contributed by atoms with Crippen molar-refractivity contribution in [3.63, 3.8) is 0 Å². The highest BCUT2D eigenvalue weighted by atomic mass is 35.5. The number of nitrogens with two attached hydrogens (primary N) is 1. The average Bonchev–Trinajstić information content (AvgIpc) is 2.86. The number of nitrogens with one attached hydrogen (secondary N) is 2. The highest BCUT2D eigenvalue weighted by Gasteiger charge is 2.21. The maximum atomic E-state index is 13.5. The average molecular weight is 502 g/mol. The fraction of sp³-hybridized carbons (Fsp3) is 0.280. The van der Waals surface area contributed by atoms with E-state index >= 15 is 0 Å². The van der Waals surface area contributed by atoms with Crippen LogP contribution in [0.4, 0.5) is 10.1 Å². The Morgan fingerprint density at radius 3 is 2.74 bits per heavy atom. The Bertz CT molecular complexity index is 1090. The number of allylic oxidation sites excluding steroid dienone is 3. The number of carbonyl (C=O) groups excluding carboxylic acids is 1. The van der Waals surface area contributed by atoms with E-state index < -0.39 is 11.7 Å². The third kappa shape index (κ3) is 7.54. The minimum Gasteiger partial charge on any atom is -0.491 e. The summed E-state index contributed by atoms with van der Waals surface area (Å²) in [4.78, 5) is 18.7. The number of halogens is 2. The molecule has 0 aromatic heterocycles. The number of ether oxygens (including phenoxy) is 2. The number of amides is 1. The second-order valence-corrected chi connectivity index (χ2v) is 8.10. The van der Waals surface area contributed by atoms with Crippen molar-refractivity contribution in [1.29, 1.82) is 0 Å². The molecule has 2 aliphatic rings. The molecule has 4 N–H and O–H groups in total. The van der Waals surface area contributed by atoms with Gasteiger partial charge in [0.2, 0.25) is 5.91 Å². The molecule has 3 rings (SSSR count). The number of morpholine rings is 1. The van der Waals surface area contributed by atoms with Crippen molar-refractivity contribution in [3.05, 3.63) is 89.5 Å². The number of anilines is 1. The standard InChI is InChI=1S/C25H29ClFN5O3/c1-3-24(33)31-22-15-18(25(28)30-17-6-7-20(27)19(26)14-17)21(29-4-2)16-23(22)35-11-5-8-32-9-12-34-13-10-32/h3-4,6-7,14-16,30H,1-2,5,8-13,28H2,(H,31,33)/b25-18+,29-21-. The molecule has 1 saturated heterocycles. The van der Waals surface area contributed by atoms with Crippen LogP contribution >= 0.6 is 11.6 Å². The van der Waals surface area contributed by atoms with Crippen molar-refractivity contribution >= 4 is 28.9 Å². The van der Waals surface area contributed by atoms with E-state index in [2.05, 4.69) is 33.7 Å². The molecule has 0 saturated carbocycles. The van der Waals surface area contributed by atoms with Crippen LogP contribution in [0.3, 0.4) is 0 Å². The van der Waals surface area contributed by atoms with Gasteiger partial charge in [0.05, 0.1) is 36.3 Å². The van der Waals surface area contributed by atoms with E-state index in [1.54, 1.807) is 12.2 Å². The monoisotopic (exact) mass is 501 g/mol. The third-order valence-electron chi connectivity index (χ3n) is 5.24. The predicted molar refractivity (Wildman–Crippen MR) is 136 cm³/mol. The van der Waals surface area contributed by atoms with Gasteiger partial charge in [-0.3, -0.25) is 14.7 Å². The van der Waals surface area contributed by atoms with Gasteiger partial charge in [0.1, 0.15) is 17.4 Å². The number of carbonyl (C=O) groups is 1. The molecule has 0 spiro atoms. The topological polar surface area (TPSA) is 101 Å². The van der Waals surface area contributed by atoms with E-state index in [4.69, 9.17) is 26.8 Å². The Hall–Kier alpha value is -3.40. The van der Waals surface area contributed by atoms with Gasteiger partial charge >= 0.3 is 0 Å². The third-order valence-corrected chi connectivity index (χ3v) is 5.53. The van der Waals surface area contributed by atoms with Gasteiger partial charge < -0.3 is 25.8 Å². The quantitative estimate of drug-likeness (QED) is 0.335. The van der Waals surface area contributed by atoms with Crippen LogP contribution in [0.5, 0.6) is 0 Å². The molecule has 0 radical (unpaired) electrons. The molecule has 1 aliphatic heterocycles. The predicted octanol–water partition coefficient (Wildman–Crippen LogP) is 3.47. The minimum atomic E-state index is -0.539. The first-order chi connectivity index (χ1) is 16.9. The Labute approximate surface area is 209 Å². The van der Waals surface area contributed by atoms with E-state index in [0.29, 0.717) is 35.0 Å². The van der Waals surface area contributed by atoms with E-state index in [-0.39, 0.29) is 10.8 Å². The Morgan fingerprint density at radius 2 is 2.06 bits per heavy atom. The maximum Gasteiger partial charge on any atom is 0.247 e. The fourth-order valence-electron chi connectivity index (χ4n) is 3.48. The molecule has 8 nitrogen and oxygen atoms in total. The lowest BCUT2D eigenvalue weighted by Gasteiger charge is -2.26. The lowest BCUT2D eigenvalue weighted by atomic mass is 10.0. The van der Waals surface area contributed by atoms with Crippen molar-refractivity contribution in [2.45, 2.75) is 6.42 Å². The van der Waals surface area contributed by atoms with Gasteiger partial charge in [0.15, 0.2) is 0 Å². The van der Waals surface area contributed by atoms with E-state index in [0.717, 1.165) is 45.3 Å². The molecule has 35 heavy (non-hydrogen) atoms. The first-order valence-electron chi connectivity index (χ1n) is 11.1. The fourth-order valence-corrected chi connectivity index (χ4v) is 3.66. The largest absolute Gasteiger partial charge is 0.491 e. The number of rotatable bonds is 10. The summed E-state index contributed by atoms with van der Waals surface area (Å²) in [5.74, 6) is -0.299. The molecule has 0 atom stereocenters. The first kappa shape index (κ1) is 26.2. The molecule has 10 heteroatoms. The molecule has 1 fully saturated rings. The van der Waals surface area contributed by atoms with Crippen molar-refractivity contribution < 1.29 is 18.7 Å².